The van der Waals surface area contributed by atoms with Crippen LogP contribution in [0.2, 0.25) is 0 Å². The fourth-order valence-corrected chi connectivity index (χ4v) is 1.83. The molecule has 98 valence electrons. The van der Waals surface area contributed by atoms with Crippen LogP contribution in [0.5, 0.6) is 0 Å². The van der Waals surface area contributed by atoms with E-state index in [2.05, 4.69) is 22.6 Å². The van der Waals surface area contributed by atoms with E-state index in [1.807, 2.05) is 6.07 Å². The molecule has 19 heavy (non-hydrogen) atoms. The molecule has 0 aliphatic rings. The first kappa shape index (κ1) is 13.1. The van der Waals surface area contributed by atoms with Gasteiger partial charge in [0.1, 0.15) is 12.3 Å². The largest absolute Gasteiger partial charge is 0.429 e. The van der Waals surface area contributed by atoms with Crippen molar-refractivity contribution in [2.75, 3.05) is 0 Å². The van der Waals surface area contributed by atoms with Crippen LogP contribution in [0.3, 0.4) is 0 Å². The van der Waals surface area contributed by atoms with Crippen molar-refractivity contribution in [2.24, 2.45) is 7.05 Å². The first-order valence-electron chi connectivity index (χ1n) is 5.21. The Kier molecular flexibility index (Phi) is 3.52. The monoisotopic (exact) mass is 279 g/mol. The molecule has 0 saturated carbocycles. The predicted octanol–water partition coefficient (Wildman–Crippen LogP) is 1.40. The van der Waals surface area contributed by atoms with Gasteiger partial charge in [0.05, 0.1) is 18.5 Å². The molecule has 0 saturated heterocycles. The standard InChI is InChI=1S/C10H9N5O3S/c1-14-8(12-5-9(14)15(16)17)2-7(19)10-13-4-6(3-11)18-10/h4-5,7,19H,2H2,1H3. The van der Waals surface area contributed by atoms with Crippen molar-refractivity contribution in [3.8, 4) is 6.07 Å². The zero-order valence-corrected chi connectivity index (χ0v) is 10.7. The summed E-state index contributed by atoms with van der Waals surface area (Å²) >= 11 is 4.30. The van der Waals surface area contributed by atoms with Crippen molar-refractivity contribution in [3.63, 3.8) is 0 Å². The molecule has 2 rings (SSSR count). The Hall–Kier alpha value is -2.34. The Balaban J connectivity index is 2.17. The summed E-state index contributed by atoms with van der Waals surface area (Å²) in [6.07, 6.45) is 2.80. The highest BCUT2D eigenvalue weighted by Crippen LogP contribution is 2.25. The van der Waals surface area contributed by atoms with Crippen LogP contribution in [0.15, 0.2) is 16.8 Å². The number of nitriles is 1. The molecule has 0 amide bonds. The SMILES string of the molecule is Cn1c([N+](=O)[O-])cnc1CC(S)c1ncc(C#N)o1. The van der Waals surface area contributed by atoms with Crippen molar-refractivity contribution in [2.45, 2.75) is 11.7 Å². The maximum atomic E-state index is 10.7. The van der Waals surface area contributed by atoms with E-state index in [4.69, 9.17) is 9.68 Å². The van der Waals surface area contributed by atoms with Crippen LogP contribution in [0.4, 0.5) is 5.82 Å². The Bertz CT molecular complexity index is 656. The third-order valence-electron chi connectivity index (χ3n) is 2.54. The number of nitrogens with zero attached hydrogens (tertiary/aromatic N) is 5. The van der Waals surface area contributed by atoms with Gasteiger partial charge in [0, 0.05) is 6.42 Å². The van der Waals surface area contributed by atoms with Gasteiger partial charge in [-0.1, -0.05) is 0 Å². The van der Waals surface area contributed by atoms with Gasteiger partial charge in [-0.05, 0) is 4.92 Å². The molecule has 2 aromatic rings. The first-order valence-corrected chi connectivity index (χ1v) is 5.73. The number of aromatic nitrogens is 3. The van der Waals surface area contributed by atoms with E-state index in [1.54, 1.807) is 7.05 Å². The van der Waals surface area contributed by atoms with E-state index in [0.717, 1.165) is 0 Å². The lowest BCUT2D eigenvalue weighted by atomic mass is 10.3. The predicted molar refractivity (Wildman–Crippen MR) is 66.5 cm³/mol. The quantitative estimate of drug-likeness (QED) is 0.514. The maximum absolute atomic E-state index is 10.7. The van der Waals surface area contributed by atoms with Crippen LogP contribution in [0.25, 0.3) is 0 Å². The van der Waals surface area contributed by atoms with E-state index in [1.165, 1.54) is 17.0 Å². The van der Waals surface area contributed by atoms with E-state index in [0.29, 0.717) is 12.2 Å². The number of hydrogen-bond donors (Lipinski definition) is 1. The summed E-state index contributed by atoms with van der Waals surface area (Å²) < 4.78 is 6.51. The highest BCUT2D eigenvalue weighted by Gasteiger charge is 2.22. The molecular weight excluding hydrogens is 270 g/mol. The summed E-state index contributed by atoms with van der Waals surface area (Å²) in [6, 6.07) is 1.82. The lowest BCUT2D eigenvalue weighted by Gasteiger charge is -2.04. The zero-order valence-electron chi connectivity index (χ0n) is 9.85. The molecule has 0 fully saturated rings. The Morgan fingerprint density at radius 2 is 2.37 bits per heavy atom. The lowest BCUT2D eigenvalue weighted by Crippen LogP contribution is -2.05. The maximum Gasteiger partial charge on any atom is 0.342 e. The van der Waals surface area contributed by atoms with E-state index < -0.39 is 10.2 Å². The van der Waals surface area contributed by atoms with Crippen LogP contribution < -0.4 is 0 Å². The molecule has 0 aromatic carbocycles. The number of thiol groups is 1. The summed E-state index contributed by atoms with van der Waals surface area (Å²) in [5, 5.41) is 18.9. The molecule has 0 aliphatic carbocycles. The van der Waals surface area contributed by atoms with Crippen molar-refractivity contribution in [1.82, 2.24) is 14.5 Å². The van der Waals surface area contributed by atoms with Crippen molar-refractivity contribution >= 4 is 18.4 Å². The molecule has 0 aliphatic heterocycles. The van der Waals surface area contributed by atoms with Crippen LogP contribution in [0.1, 0.15) is 22.7 Å². The van der Waals surface area contributed by atoms with E-state index in [-0.39, 0.29) is 17.5 Å². The summed E-state index contributed by atoms with van der Waals surface area (Å²) in [5.41, 5.74) is 0. The average Bonchev–Trinajstić information content (AvgIpc) is 2.97. The van der Waals surface area contributed by atoms with Gasteiger partial charge in [-0.15, -0.1) is 0 Å². The Morgan fingerprint density at radius 1 is 1.63 bits per heavy atom. The molecule has 8 nitrogen and oxygen atoms in total. The minimum atomic E-state index is -0.511. The molecule has 0 radical (unpaired) electrons. The summed E-state index contributed by atoms with van der Waals surface area (Å²) in [7, 11) is 1.55. The molecule has 9 heteroatoms. The zero-order chi connectivity index (χ0) is 14.0. The third kappa shape index (κ3) is 2.58. The second-order valence-corrected chi connectivity index (χ2v) is 4.37. The number of oxazole rings is 1. The van der Waals surface area contributed by atoms with Gasteiger partial charge in [-0.2, -0.15) is 17.9 Å². The summed E-state index contributed by atoms with van der Waals surface area (Å²) in [5.74, 6) is 0.773. The van der Waals surface area contributed by atoms with Crippen molar-refractivity contribution < 1.29 is 9.34 Å². The van der Waals surface area contributed by atoms with Gasteiger partial charge in [0.15, 0.2) is 5.82 Å². The summed E-state index contributed by atoms with van der Waals surface area (Å²) in [4.78, 5) is 18.1. The van der Waals surface area contributed by atoms with E-state index in [9.17, 15) is 10.1 Å². The smallest absolute Gasteiger partial charge is 0.342 e. The van der Waals surface area contributed by atoms with Gasteiger partial charge < -0.3 is 14.5 Å². The second kappa shape index (κ2) is 5.11. The fraction of sp³-hybridized carbons (Fsp3) is 0.300. The highest BCUT2D eigenvalue weighted by molar-refractivity contribution is 7.80. The number of nitro groups is 1. The normalized spacial score (nSPS) is 12.1. The lowest BCUT2D eigenvalue weighted by molar-refractivity contribution is -0.391. The van der Waals surface area contributed by atoms with Crippen LogP contribution in [-0.4, -0.2) is 19.5 Å². The highest BCUT2D eigenvalue weighted by atomic mass is 32.1. The number of hydrogen-bond acceptors (Lipinski definition) is 7. The molecule has 0 bridgehead atoms. The van der Waals surface area contributed by atoms with E-state index >= 15 is 0 Å². The van der Waals surface area contributed by atoms with Crippen molar-refractivity contribution in [1.29, 1.82) is 5.26 Å². The first-order chi connectivity index (χ1) is 9.02. The van der Waals surface area contributed by atoms with Gasteiger partial charge in [0.2, 0.25) is 11.7 Å². The topological polar surface area (TPSA) is 111 Å². The van der Waals surface area contributed by atoms with Crippen molar-refractivity contribution in [3.05, 3.63) is 40.0 Å². The fourth-order valence-electron chi connectivity index (χ4n) is 1.55. The minimum absolute atomic E-state index is 0.0966. The van der Waals surface area contributed by atoms with Gasteiger partial charge >= 0.3 is 5.82 Å². The van der Waals surface area contributed by atoms with Crippen LogP contribution >= 0.6 is 12.6 Å². The van der Waals surface area contributed by atoms with Gasteiger partial charge in [-0.3, -0.25) is 0 Å². The molecule has 2 aromatic heterocycles. The number of imidazole rings is 1. The molecule has 0 N–H and O–H groups in total. The minimum Gasteiger partial charge on any atom is -0.429 e. The van der Waals surface area contributed by atoms with Crippen LogP contribution in [0, 0.1) is 21.4 Å². The molecule has 1 atom stereocenters. The number of rotatable bonds is 4. The molecular formula is C10H9N5O3S. The molecule has 0 spiro atoms. The summed E-state index contributed by atoms with van der Waals surface area (Å²) in [6.45, 7) is 0. The molecule has 2 heterocycles. The Morgan fingerprint density at radius 3 is 2.89 bits per heavy atom. The molecule has 1 unspecified atom stereocenters. The van der Waals surface area contributed by atoms with Gasteiger partial charge in [-0.25, -0.2) is 14.5 Å². The Labute approximate surface area is 113 Å². The third-order valence-corrected chi connectivity index (χ3v) is 2.95. The average molecular weight is 279 g/mol. The van der Waals surface area contributed by atoms with Gasteiger partial charge in [0.25, 0.3) is 0 Å². The second-order valence-electron chi connectivity index (χ2n) is 3.74. The van der Waals surface area contributed by atoms with Crippen LogP contribution in [-0.2, 0) is 13.5 Å².